The Morgan fingerprint density at radius 3 is 2.59 bits per heavy atom. The fourth-order valence-corrected chi connectivity index (χ4v) is 4.26. The summed E-state index contributed by atoms with van der Waals surface area (Å²) in [7, 11) is -3.34. The zero-order valence-corrected chi connectivity index (χ0v) is 15.8. The molecule has 6 nitrogen and oxygen atoms in total. The van der Waals surface area contributed by atoms with E-state index in [0.29, 0.717) is 12.1 Å². The quantitative estimate of drug-likeness (QED) is 0.849. The first-order valence-corrected chi connectivity index (χ1v) is 10.4. The van der Waals surface area contributed by atoms with Gasteiger partial charge in [-0.15, -0.1) is 0 Å². The number of carboxylic acids is 1. The first kappa shape index (κ1) is 19.1. The van der Waals surface area contributed by atoms with E-state index in [-0.39, 0.29) is 29.5 Å². The van der Waals surface area contributed by atoms with Crippen molar-refractivity contribution in [3.05, 3.63) is 65.2 Å². The molecule has 1 aliphatic rings. The molecule has 0 aromatic heterocycles. The van der Waals surface area contributed by atoms with E-state index >= 15 is 0 Å². The molecule has 0 saturated carbocycles. The largest absolute Gasteiger partial charge is 0.481 e. The van der Waals surface area contributed by atoms with Crippen molar-refractivity contribution in [3.63, 3.8) is 0 Å². The Morgan fingerprint density at radius 1 is 1.15 bits per heavy atom. The lowest BCUT2D eigenvalue weighted by Crippen LogP contribution is -2.41. The summed E-state index contributed by atoms with van der Waals surface area (Å²) >= 11 is 0. The van der Waals surface area contributed by atoms with Crippen molar-refractivity contribution >= 4 is 21.7 Å². The minimum Gasteiger partial charge on any atom is -0.481 e. The van der Waals surface area contributed by atoms with E-state index in [1.54, 1.807) is 31.2 Å². The van der Waals surface area contributed by atoms with Crippen LogP contribution < -0.4 is 0 Å². The van der Waals surface area contributed by atoms with Crippen LogP contribution in [0.5, 0.6) is 0 Å². The Labute approximate surface area is 158 Å². The smallest absolute Gasteiger partial charge is 0.312 e. The van der Waals surface area contributed by atoms with Gasteiger partial charge in [0.25, 0.3) is 0 Å². The van der Waals surface area contributed by atoms with E-state index in [0.717, 1.165) is 11.1 Å². The Bertz CT molecular complexity index is 983. The molecule has 0 bridgehead atoms. The Hall–Kier alpha value is -2.67. The van der Waals surface area contributed by atoms with Crippen molar-refractivity contribution in [1.29, 1.82) is 0 Å². The van der Waals surface area contributed by atoms with Crippen molar-refractivity contribution < 1.29 is 23.1 Å². The average molecular weight is 387 g/mol. The predicted octanol–water partition coefficient (Wildman–Crippen LogP) is 2.23. The van der Waals surface area contributed by atoms with Crippen molar-refractivity contribution in [1.82, 2.24) is 4.90 Å². The number of sulfone groups is 1. The van der Waals surface area contributed by atoms with Crippen molar-refractivity contribution in [2.45, 2.75) is 30.7 Å². The fourth-order valence-electron chi connectivity index (χ4n) is 3.31. The second kappa shape index (κ2) is 7.52. The minimum absolute atomic E-state index is 0.00635. The standard InChI is InChI=1S/C20H21NO5S/c1-2-27(25,26)16-8-5-6-14(10-16)11-19(22)21-12-15-7-3-4-9-17(15)18(13-21)20(23)24/h3-10,18H,2,11-13H2,1H3,(H,23,24). The van der Waals surface area contributed by atoms with Gasteiger partial charge >= 0.3 is 5.97 Å². The molecule has 2 aromatic carbocycles. The average Bonchev–Trinajstić information content (AvgIpc) is 2.67. The summed E-state index contributed by atoms with van der Waals surface area (Å²) in [5.74, 6) is -1.95. The zero-order chi connectivity index (χ0) is 19.6. The topological polar surface area (TPSA) is 91.8 Å². The van der Waals surface area contributed by atoms with Gasteiger partial charge in [0.15, 0.2) is 9.84 Å². The Balaban J connectivity index is 1.81. The molecule has 27 heavy (non-hydrogen) atoms. The van der Waals surface area contributed by atoms with Crippen molar-refractivity contribution in [3.8, 4) is 0 Å². The third-order valence-electron chi connectivity index (χ3n) is 4.84. The summed E-state index contributed by atoms with van der Waals surface area (Å²) in [6.07, 6.45) is 0.0293. The summed E-state index contributed by atoms with van der Waals surface area (Å²) in [6, 6.07) is 13.6. The molecular weight excluding hydrogens is 366 g/mol. The summed E-state index contributed by atoms with van der Waals surface area (Å²) in [4.78, 5) is 26.1. The maximum absolute atomic E-state index is 12.8. The number of carbonyl (C=O) groups excluding carboxylic acids is 1. The van der Waals surface area contributed by atoms with Crippen LogP contribution in [0.15, 0.2) is 53.4 Å². The van der Waals surface area contributed by atoms with Crippen LogP contribution in [0, 0.1) is 0 Å². The third kappa shape index (κ3) is 4.03. The maximum Gasteiger partial charge on any atom is 0.312 e. The highest BCUT2D eigenvalue weighted by molar-refractivity contribution is 7.91. The molecular formula is C20H21NO5S. The Kier molecular flexibility index (Phi) is 5.32. The van der Waals surface area contributed by atoms with Crippen LogP contribution in [-0.4, -0.2) is 42.6 Å². The normalized spacial score (nSPS) is 16.6. The molecule has 0 aliphatic carbocycles. The molecule has 1 heterocycles. The van der Waals surface area contributed by atoms with Crippen LogP contribution in [0.25, 0.3) is 0 Å². The van der Waals surface area contributed by atoms with Crippen LogP contribution in [0.1, 0.15) is 29.5 Å². The number of rotatable bonds is 5. The van der Waals surface area contributed by atoms with E-state index in [2.05, 4.69) is 0 Å². The number of carboxylic acid groups (broad SMARTS) is 1. The zero-order valence-electron chi connectivity index (χ0n) is 15.0. The van der Waals surface area contributed by atoms with Gasteiger partial charge in [0.1, 0.15) is 0 Å². The third-order valence-corrected chi connectivity index (χ3v) is 6.57. The van der Waals surface area contributed by atoms with E-state index in [4.69, 9.17) is 0 Å². The number of hydrogen-bond acceptors (Lipinski definition) is 4. The number of hydrogen-bond donors (Lipinski definition) is 1. The van der Waals surface area contributed by atoms with Crippen LogP contribution in [0.4, 0.5) is 0 Å². The number of fused-ring (bicyclic) bond motifs is 1. The van der Waals surface area contributed by atoms with Gasteiger partial charge in [-0.2, -0.15) is 0 Å². The lowest BCUT2D eigenvalue weighted by Gasteiger charge is -2.33. The molecule has 0 radical (unpaired) electrons. The summed E-state index contributed by atoms with van der Waals surface area (Å²) in [5, 5.41) is 9.52. The molecule has 0 fully saturated rings. The van der Waals surface area contributed by atoms with Gasteiger partial charge in [0.05, 0.1) is 23.0 Å². The molecule has 3 rings (SSSR count). The highest BCUT2D eigenvalue weighted by Crippen LogP contribution is 2.29. The van der Waals surface area contributed by atoms with Gasteiger partial charge in [-0.3, -0.25) is 9.59 Å². The summed E-state index contributed by atoms with van der Waals surface area (Å²) < 4.78 is 24.1. The highest BCUT2D eigenvalue weighted by Gasteiger charge is 2.32. The van der Waals surface area contributed by atoms with Gasteiger partial charge in [-0.25, -0.2) is 8.42 Å². The molecule has 7 heteroatoms. The summed E-state index contributed by atoms with van der Waals surface area (Å²) in [6.45, 7) is 2.04. The number of benzene rings is 2. The van der Waals surface area contributed by atoms with Gasteiger partial charge in [-0.1, -0.05) is 43.3 Å². The monoisotopic (exact) mass is 387 g/mol. The number of nitrogens with zero attached hydrogens (tertiary/aromatic N) is 1. The molecule has 142 valence electrons. The van der Waals surface area contributed by atoms with E-state index in [1.165, 1.54) is 17.0 Å². The van der Waals surface area contributed by atoms with Gasteiger partial charge in [-0.05, 0) is 28.8 Å². The van der Waals surface area contributed by atoms with Gasteiger partial charge in [0.2, 0.25) is 5.91 Å². The van der Waals surface area contributed by atoms with E-state index in [9.17, 15) is 23.1 Å². The van der Waals surface area contributed by atoms with Gasteiger partial charge in [0, 0.05) is 13.1 Å². The minimum atomic E-state index is -3.34. The molecule has 1 N–H and O–H groups in total. The lowest BCUT2D eigenvalue weighted by atomic mass is 9.89. The fraction of sp³-hybridized carbons (Fsp3) is 0.300. The van der Waals surface area contributed by atoms with Crippen LogP contribution in [0.2, 0.25) is 0 Å². The number of amides is 1. The molecule has 0 spiro atoms. The Morgan fingerprint density at radius 2 is 1.89 bits per heavy atom. The van der Waals surface area contributed by atoms with E-state index in [1.807, 2.05) is 12.1 Å². The van der Waals surface area contributed by atoms with Crippen molar-refractivity contribution in [2.75, 3.05) is 12.3 Å². The van der Waals surface area contributed by atoms with Crippen LogP contribution >= 0.6 is 0 Å². The second-order valence-corrected chi connectivity index (χ2v) is 8.87. The molecule has 2 aromatic rings. The SMILES string of the molecule is CCS(=O)(=O)c1cccc(CC(=O)N2Cc3ccccc3C(C(=O)O)C2)c1. The first-order chi connectivity index (χ1) is 12.8. The highest BCUT2D eigenvalue weighted by atomic mass is 32.2. The molecule has 1 amide bonds. The molecule has 1 atom stereocenters. The van der Waals surface area contributed by atoms with Crippen LogP contribution in [0.3, 0.4) is 0 Å². The predicted molar refractivity (Wildman–Crippen MR) is 100 cm³/mol. The lowest BCUT2D eigenvalue weighted by molar-refractivity contribution is -0.141. The van der Waals surface area contributed by atoms with E-state index < -0.39 is 21.7 Å². The van der Waals surface area contributed by atoms with Gasteiger partial charge < -0.3 is 10.0 Å². The van der Waals surface area contributed by atoms with Crippen molar-refractivity contribution in [2.24, 2.45) is 0 Å². The number of aliphatic carboxylic acids is 1. The number of carbonyl (C=O) groups is 2. The summed E-state index contributed by atoms with van der Waals surface area (Å²) in [5.41, 5.74) is 2.16. The molecule has 1 unspecified atom stereocenters. The molecule has 0 saturated heterocycles. The van der Waals surface area contributed by atoms with Crippen LogP contribution in [-0.2, 0) is 32.4 Å². The molecule has 1 aliphatic heterocycles. The first-order valence-electron chi connectivity index (χ1n) is 8.72. The maximum atomic E-state index is 12.8. The second-order valence-electron chi connectivity index (χ2n) is 6.59.